The summed E-state index contributed by atoms with van der Waals surface area (Å²) in [5.74, 6) is 0.571. The van der Waals surface area contributed by atoms with Crippen molar-refractivity contribution in [2.24, 2.45) is 5.92 Å². The van der Waals surface area contributed by atoms with E-state index in [0.717, 1.165) is 53.8 Å². The Kier molecular flexibility index (Phi) is 8.22. The third-order valence-corrected chi connectivity index (χ3v) is 8.47. The molecule has 4 heterocycles. The molecule has 2 aromatic carbocycles. The summed E-state index contributed by atoms with van der Waals surface area (Å²) in [5, 5.41) is 24.9. The van der Waals surface area contributed by atoms with Crippen molar-refractivity contribution in [1.29, 1.82) is 5.26 Å². The summed E-state index contributed by atoms with van der Waals surface area (Å²) in [5.41, 5.74) is 3.54. The maximum Gasteiger partial charge on any atom is 0.317 e. The van der Waals surface area contributed by atoms with Crippen LogP contribution in [0.15, 0.2) is 42.5 Å². The topological polar surface area (TPSA) is 118 Å². The first kappa shape index (κ1) is 27.9. The zero-order valence-electron chi connectivity index (χ0n) is 24.0. The number of aromatic hydroxyl groups is 1. The molecule has 0 spiro atoms. The van der Waals surface area contributed by atoms with E-state index in [1.807, 2.05) is 24.3 Å². The number of phenols is 1. The molecule has 0 radical (unpaired) electrons. The molecule has 10 heteroatoms. The lowest BCUT2D eigenvalue weighted by Gasteiger charge is -2.32. The number of phenolic OH excluding ortho intramolecular Hbond substituents is 1. The van der Waals surface area contributed by atoms with Gasteiger partial charge in [0.25, 0.3) is 0 Å². The van der Waals surface area contributed by atoms with Crippen LogP contribution in [0.3, 0.4) is 0 Å². The first-order chi connectivity index (χ1) is 20.5. The number of rotatable bonds is 7. The quantitative estimate of drug-likeness (QED) is 0.416. The van der Waals surface area contributed by atoms with Crippen LogP contribution in [-0.4, -0.2) is 89.7 Å². The van der Waals surface area contributed by atoms with Gasteiger partial charge in [-0.1, -0.05) is 24.3 Å². The minimum atomic E-state index is -0.0908. The number of hydrogen-bond acceptors (Lipinski definition) is 9. The molecule has 1 amide bonds. The Morgan fingerprint density at radius 2 is 2.10 bits per heavy atom. The molecule has 218 valence electrons. The van der Waals surface area contributed by atoms with Crippen molar-refractivity contribution in [3.8, 4) is 17.8 Å². The van der Waals surface area contributed by atoms with Crippen LogP contribution >= 0.6 is 0 Å². The molecule has 0 bridgehead atoms. The molecule has 0 saturated carbocycles. The van der Waals surface area contributed by atoms with Gasteiger partial charge >= 0.3 is 6.01 Å². The number of anilines is 1. The molecule has 3 aromatic rings. The lowest BCUT2D eigenvalue weighted by atomic mass is 10.00. The number of amides is 1. The van der Waals surface area contributed by atoms with E-state index in [0.29, 0.717) is 63.2 Å². The van der Waals surface area contributed by atoms with Gasteiger partial charge in [0.2, 0.25) is 5.91 Å². The largest absolute Gasteiger partial charge is 0.508 e. The average Bonchev–Trinajstić information content (AvgIpc) is 3.43. The van der Waals surface area contributed by atoms with E-state index in [-0.39, 0.29) is 17.7 Å². The van der Waals surface area contributed by atoms with Gasteiger partial charge in [-0.25, -0.2) is 0 Å². The number of aromatic nitrogens is 2. The number of piperazine rings is 1. The van der Waals surface area contributed by atoms with Gasteiger partial charge in [-0.05, 0) is 44.0 Å². The van der Waals surface area contributed by atoms with Crippen LogP contribution in [0.5, 0.6) is 11.8 Å². The maximum atomic E-state index is 13.1. The van der Waals surface area contributed by atoms with E-state index in [9.17, 15) is 9.90 Å². The second-order valence-corrected chi connectivity index (χ2v) is 11.5. The summed E-state index contributed by atoms with van der Waals surface area (Å²) in [6.45, 7) is 5.64. The van der Waals surface area contributed by atoms with Crippen molar-refractivity contribution in [3.63, 3.8) is 0 Å². The smallest absolute Gasteiger partial charge is 0.317 e. The summed E-state index contributed by atoms with van der Waals surface area (Å²) >= 11 is 0. The highest BCUT2D eigenvalue weighted by Crippen LogP contribution is 2.35. The van der Waals surface area contributed by atoms with E-state index in [2.05, 4.69) is 34.3 Å². The Labute approximate surface area is 246 Å². The molecule has 42 heavy (non-hydrogen) atoms. The maximum absolute atomic E-state index is 13.1. The van der Waals surface area contributed by atoms with Crippen LogP contribution in [-0.2, 0) is 17.8 Å². The predicted octanol–water partition coefficient (Wildman–Crippen LogP) is 2.96. The van der Waals surface area contributed by atoms with E-state index >= 15 is 0 Å². The fourth-order valence-corrected chi connectivity index (χ4v) is 6.26. The molecule has 3 aliphatic heterocycles. The minimum Gasteiger partial charge on any atom is -0.508 e. The number of ether oxygens (including phenoxy) is 1. The van der Waals surface area contributed by atoms with Gasteiger partial charge in [0, 0.05) is 73.5 Å². The Balaban J connectivity index is 1.27. The molecular formula is C32H37N7O3. The number of carbonyl (C=O) groups excluding carboxylic acids is 1. The monoisotopic (exact) mass is 567 g/mol. The van der Waals surface area contributed by atoms with Crippen molar-refractivity contribution in [3.05, 3.63) is 59.4 Å². The molecule has 2 saturated heterocycles. The highest BCUT2D eigenvalue weighted by Gasteiger charge is 2.26. The summed E-state index contributed by atoms with van der Waals surface area (Å²) < 4.78 is 6.16. The van der Waals surface area contributed by atoms with Crippen molar-refractivity contribution >= 4 is 28.4 Å². The number of nitrogens with zero attached hydrogens (tertiary/aromatic N) is 6. The van der Waals surface area contributed by atoms with Crippen molar-refractivity contribution < 1.29 is 14.6 Å². The van der Waals surface area contributed by atoms with Gasteiger partial charge in [0.05, 0.1) is 37.0 Å². The minimum absolute atomic E-state index is 0.0120. The molecule has 6 rings (SSSR count). The molecular weight excluding hydrogens is 530 g/mol. The summed E-state index contributed by atoms with van der Waals surface area (Å²) in [4.78, 5) is 29.1. The van der Waals surface area contributed by atoms with Gasteiger partial charge < -0.3 is 29.9 Å². The number of carbonyl (C=O) groups is 1. The third-order valence-electron chi connectivity index (χ3n) is 8.47. The van der Waals surface area contributed by atoms with E-state index in [1.165, 1.54) is 0 Å². The molecule has 1 aromatic heterocycles. The highest BCUT2D eigenvalue weighted by molar-refractivity contribution is 5.96. The van der Waals surface area contributed by atoms with E-state index in [4.69, 9.17) is 20.0 Å². The molecule has 10 nitrogen and oxygen atoms in total. The highest BCUT2D eigenvalue weighted by atomic mass is 16.5. The fraction of sp³-hybridized carbons (Fsp3) is 0.438. The van der Waals surface area contributed by atoms with Crippen LogP contribution in [0.25, 0.3) is 16.8 Å². The van der Waals surface area contributed by atoms with Crippen LogP contribution in [0.1, 0.15) is 29.8 Å². The zero-order chi connectivity index (χ0) is 29.1. The Bertz CT molecular complexity index is 1530. The zero-order valence-corrected chi connectivity index (χ0v) is 24.0. The molecule has 0 unspecified atom stereocenters. The molecule has 2 N–H and O–H groups in total. The first-order valence-corrected chi connectivity index (χ1v) is 14.7. The van der Waals surface area contributed by atoms with Crippen molar-refractivity contribution in [2.75, 3.05) is 57.8 Å². The number of benzene rings is 2. The summed E-state index contributed by atoms with van der Waals surface area (Å²) in [7, 11) is 2.12. The van der Waals surface area contributed by atoms with Crippen LogP contribution < -0.4 is 15.0 Å². The van der Waals surface area contributed by atoms with Gasteiger partial charge in [-0.3, -0.25) is 4.79 Å². The normalized spacial score (nSPS) is 21.0. The Morgan fingerprint density at radius 1 is 1.21 bits per heavy atom. The summed E-state index contributed by atoms with van der Waals surface area (Å²) in [6, 6.07) is 14.2. The second kappa shape index (κ2) is 12.3. The fourth-order valence-electron chi connectivity index (χ4n) is 6.26. The second-order valence-electron chi connectivity index (χ2n) is 11.5. The first-order valence-electron chi connectivity index (χ1n) is 14.7. The lowest BCUT2D eigenvalue weighted by Crippen LogP contribution is -2.52. The predicted molar refractivity (Wildman–Crippen MR) is 161 cm³/mol. The van der Waals surface area contributed by atoms with Crippen molar-refractivity contribution in [2.45, 2.75) is 31.8 Å². The Morgan fingerprint density at radius 3 is 2.93 bits per heavy atom. The van der Waals surface area contributed by atoms with Crippen LogP contribution in [0.2, 0.25) is 0 Å². The number of nitriles is 1. The van der Waals surface area contributed by atoms with E-state index < -0.39 is 0 Å². The van der Waals surface area contributed by atoms with Crippen LogP contribution in [0, 0.1) is 17.2 Å². The van der Waals surface area contributed by atoms with Gasteiger partial charge in [0.1, 0.15) is 5.75 Å². The number of hydrogen-bond donors (Lipinski definition) is 2. The SMILES string of the molecule is CN1CC[C@H](COc2nc(C=CC(=O)N3CCN[C@H](CC#N)C3)c3c(n2)CN(c2cc(O)cc4ccccc24)CC3)C1. The average molecular weight is 568 g/mol. The number of fused-ring (bicyclic) bond motifs is 2. The number of nitrogens with one attached hydrogen (secondary N) is 1. The standard InChI is InChI=1S/C32H37N7O3/c1-37-13-9-22(18-37)21-42-32-35-28(6-7-31(41)39-15-12-34-24(19-39)8-11-33)27-10-14-38(20-29(27)36-32)30-17-25(40)16-23-4-2-3-5-26(23)30/h2-7,16-17,22,24,34,40H,8-10,12-15,18-21H2,1H3/t22-,24+/m0/s1. The summed E-state index contributed by atoms with van der Waals surface area (Å²) in [6.07, 6.45) is 5.52. The van der Waals surface area contributed by atoms with Crippen molar-refractivity contribution in [1.82, 2.24) is 25.1 Å². The van der Waals surface area contributed by atoms with Crippen LogP contribution in [0.4, 0.5) is 5.69 Å². The third kappa shape index (κ3) is 6.17. The number of likely N-dealkylation sites (tertiary alicyclic amines) is 1. The molecule has 0 aliphatic carbocycles. The molecule has 2 atom stereocenters. The van der Waals surface area contributed by atoms with Gasteiger partial charge in [0.15, 0.2) is 0 Å². The lowest BCUT2D eigenvalue weighted by molar-refractivity contribution is -0.127. The molecule has 3 aliphatic rings. The van der Waals surface area contributed by atoms with Gasteiger partial charge in [-0.15, -0.1) is 0 Å². The Hall–Kier alpha value is -4.20. The van der Waals surface area contributed by atoms with Gasteiger partial charge in [-0.2, -0.15) is 15.2 Å². The van der Waals surface area contributed by atoms with E-state index in [1.54, 1.807) is 23.1 Å². The molecule has 2 fully saturated rings.